The molecule has 0 atom stereocenters. The average molecular weight is 485 g/mol. The molecule has 36 heavy (non-hydrogen) atoms. The summed E-state index contributed by atoms with van der Waals surface area (Å²) in [6.07, 6.45) is 0. The van der Waals surface area contributed by atoms with E-state index in [0.717, 1.165) is 60.1 Å². The Morgan fingerprint density at radius 1 is 0.833 bits per heavy atom. The molecule has 9 heteroatoms. The van der Waals surface area contributed by atoms with Crippen LogP contribution in [0, 0.1) is 6.92 Å². The van der Waals surface area contributed by atoms with Crippen LogP contribution < -0.4 is 9.80 Å². The van der Waals surface area contributed by atoms with Crippen LogP contribution in [0.3, 0.4) is 0 Å². The van der Waals surface area contributed by atoms with Crippen molar-refractivity contribution in [2.75, 3.05) is 62.3 Å². The number of benzene rings is 2. The number of carbonyl (C=O) groups excluding carboxylic acids is 1. The molecule has 0 N–H and O–H groups in total. The summed E-state index contributed by atoms with van der Waals surface area (Å²) < 4.78 is 11.1. The van der Waals surface area contributed by atoms with E-state index in [1.165, 1.54) is 0 Å². The lowest BCUT2D eigenvalue weighted by atomic mass is 10.1. The van der Waals surface area contributed by atoms with Crippen molar-refractivity contribution < 1.29 is 14.1 Å². The van der Waals surface area contributed by atoms with Gasteiger partial charge < -0.3 is 24.0 Å². The van der Waals surface area contributed by atoms with E-state index in [9.17, 15) is 4.79 Å². The van der Waals surface area contributed by atoms with Crippen molar-refractivity contribution in [1.82, 2.24) is 20.0 Å². The maximum atomic E-state index is 13.4. The van der Waals surface area contributed by atoms with Crippen molar-refractivity contribution in [3.8, 4) is 11.3 Å². The van der Waals surface area contributed by atoms with Gasteiger partial charge in [0.05, 0.1) is 18.6 Å². The first kappa shape index (κ1) is 22.5. The van der Waals surface area contributed by atoms with Gasteiger partial charge in [0.1, 0.15) is 23.0 Å². The summed E-state index contributed by atoms with van der Waals surface area (Å²) >= 11 is 0. The van der Waals surface area contributed by atoms with E-state index >= 15 is 0 Å². The Hall–Kier alpha value is -3.98. The minimum absolute atomic E-state index is 0.0182. The monoisotopic (exact) mass is 484 g/mol. The summed E-state index contributed by atoms with van der Waals surface area (Å²) in [5, 5.41) is 5.02. The fourth-order valence-corrected chi connectivity index (χ4v) is 4.85. The third kappa shape index (κ3) is 4.37. The van der Waals surface area contributed by atoms with E-state index < -0.39 is 0 Å². The number of morpholine rings is 1. The first-order valence-electron chi connectivity index (χ1n) is 12.3. The molecule has 0 saturated carbocycles. The minimum Gasteiger partial charge on any atom is -0.378 e. The predicted molar refractivity (Wildman–Crippen MR) is 137 cm³/mol. The number of amides is 1. The molecule has 0 radical (unpaired) electrons. The van der Waals surface area contributed by atoms with Gasteiger partial charge in [-0.3, -0.25) is 4.79 Å². The Morgan fingerprint density at radius 3 is 2.25 bits per heavy atom. The predicted octanol–water partition coefficient (Wildman–Crippen LogP) is 3.39. The number of aryl methyl sites for hydroxylation is 1. The van der Waals surface area contributed by atoms with Crippen LogP contribution in [0.1, 0.15) is 16.2 Å². The van der Waals surface area contributed by atoms with Crippen LogP contribution in [0.5, 0.6) is 0 Å². The number of hydrogen-bond acceptors (Lipinski definition) is 8. The van der Waals surface area contributed by atoms with Crippen LogP contribution in [0.2, 0.25) is 0 Å². The average Bonchev–Trinajstić information content (AvgIpc) is 3.37. The molecular formula is C27H28N6O3. The first-order valence-corrected chi connectivity index (χ1v) is 12.3. The van der Waals surface area contributed by atoms with Gasteiger partial charge in [-0.15, -0.1) is 0 Å². The van der Waals surface area contributed by atoms with Crippen molar-refractivity contribution >= 4 is 28.4 Å². The Balaban J connectivity index is 1.17. The third-order valence-corrected chi connectivity index (χ3v) is 6.80. The molecular weight excluding hydrogens is 456 g/mol. The lowest BCUT2D eigenvalue weighted by molar-refractivity contribution is 0.0746. The second kappa shape index (κ2) is 9.58. The summed E-state index contributed by atoms with van der Waals surface area (Å²) in [5.74, 6) is 3.30. The van der Waals surface area contributed by atoms with E-state index in [1.54, 1.807) is 0 Å². The minimum atomic E-state index is 0.0182. The third-order valence-electron chi connectivity index (χ3n) is 6.80. The van der Waals surface area contributed by atoms with Crippen molar-refractivity contribution in [2.45, 2.75) is 6.92 Å². The number of ether oxygens (including phenoxy) is 1. The van der Waals surface area contributed by atoms with Crippen molar-refractivity contribution in [3.63, 3.8) is 0 Å². The molecule has 2 aromatic heterocycles. The zero-order valence-corrected chi connectivity index (χ0v) is 20.3. The summed E-state index contributed by atoms with van der Waals surface area (Å²) in [7, 11) is 0. The molecule has 9 nitrogen and oxygen atoms in total. The van der Waals surface area contributed by atoms with Gasteiger partial charge >= 0.3 is 0 Å². The smallest absolute Gasteiger partial charge is 0.254 e. The first-order chi connectivity index (χ1) is 17.7. The highest BCUT2D eigenvalue weighted by molar-refractivity contribution is 6.01. The van der Waals surface area contributed by atoms with E-state index in [-0.39, 0.29) is 5.91 Å². The van der Waals surface area contributed by atoms with Gasteiger partial charge in [-0.25, -0.2) is 9.97 Å². The highest BCUT2D eigenvalue weighted by Crippen LogP contribution is 2.30. The Bertz CT molecular complexity index is 1380. The number of fused-ring (bicyclic) bond motifs is 1. The van der Waals surface area contributed by atoms with E-state index in [0.29, 0.717) is 37.6 Å². The summed E-state index contributed by atoms with van der Waals surface area (Å²) in [6.45, 7) is 7.72. The van der Waals surface area contributed by atoms with Crippen molar-refractivity contribution in [1.29, 1.82) is 0 Å². The molecule has 6 rings (SSSR count). The molecule has 4 heterocycles. The van der Waals surface area contributed by atoms with Gasteiger partial charge in [-0.2, -0.15) is 0 Å². The number of aromatic nitrogens is 3. The molecule has 2 fully saturated rings. The molecule has 2 aliphatic heterocycles. The molecule has 4 aromatic rings. The van der Waals surface area contributed by atoms with Crippen LogP contribution in [0.15, 0.2) is 59.1 Å². The van der Waals surface area contributed by atoms with Gasteiger partial charge in [0.25, 0.3) is 5.91 Å². The standard InChI is InChI=1S/C27H28N6O3/c1-19-28-24(18-25(29-19)32-13-15-35-16-14-32)31-9-11-33(12-10-31)27(34)21-7-8-23-22(17-21)26(36-30-23)20-5-3-2-4-6-20/h2-8,17-18H,9-16H2,1H3. The molecule has 2 aromatic carbocycles. The van der Waals surface area contributed by atoms with Crippen LogP contribution >= 0.6 is 0 Å². The van der Waals surface area contributed by atoms with Crippen LogP contribution in [-0.2, 0) is 4.74 Å². The number of piperazine rings is 1. The van der Waals surface area contributed by atoms with Gasteiger partial charge in [-0.1, -0.05) is 35.5 Å². The van der Waals surface area contributed by atoms with Gasteiger partial charge in [-0.05, 0) is 25.1 Å². The molecule has 0 spiro atoms. The van der Waals surface area contributed by atoms with Gasteiger partial charge in [0.15, 0.2) is 5.76 Å². The lowest BCUT2D eigenvalue weighted by Crippen LogP contribution is -2.49. The zero-order valence-electron chi connectivity index (χ0n) is 20.3. The fourth-order valence-electron chi connectivity index (χ4n) is 4.85. The van der Waals surface area contributed by atoms with Crippen LogP contribution in [0.25, 0.3) is 22.2 Å². The molecule has 2 aliphatic rings. The maximum absolute atomic E-state index is 13.4. The molecule has 0 unspecified atom stereocenters. The van der Waals surface area contributed by atoms with E-state index in [1.807, 2.05) is 60.4 Å². The second-order valence-corrected chi connectivity index (χ2v) is 9.12. The molecule has 184 valence electrons. The Morgan fingerprint density at radius 2 is 1.53 bits per heavy atom. The lowest BCUT2D eigenvalue weighted by Gasteiger charge is -2.36. The summed E-state index contributed by atoms with van der Waals surface area (Å²) in [6, 6.07) is 17.5. The van der Waals surface area contributed by atoms with E-state index in [4.69, 9.17) is 9.26 Å². The topological polar surface area (TPSA) is 87.8 Å². The number of nitrogens with zero attached hydrogens (tertiary/aromatic N) is 6. The van der Waals surface area contributed by atoms with Gasteiger partial charge in [0, 0.05) is 56.5 Å². The fraction of sp³-hybridized carbons (Fsp3) is 0.333. The number of rotatable bonds is 4. The van der Waals surface area contributed by atoms with Crippen LogP contribution in [-0.4, -0.2) is 78.4 Å². The number of anilines is 2. The Kier molecular flexibility index (Phi) is 5.98. The highest BCUT2D eigenvalue weighted by atomic mass is 16.5. The Labute approximate surface area is 209 Å². The quantitative estimate of drug-likeness (QED) is 0.436. The largest absolute Gasteiger partial charge is 0.378 e. The zero-order chi connectivity index (χ0) is 24.5. The summed E-state index contributed by atoms with van der Waals surface area (Å²) in [5.41, 5.74) is 2.32. The second-order valence-electron chi connectivity index (χ2n) is 9.12. The van der Waals surface area contributed by atoms with Crippen molar-refractivity contribution in [2.24, 2.45) is 0 Å². The normalized spacial score (nSPS) is 16.5. The summed E-state index contributed by atoms with van der Waals surface area (Å²) in [4.78, 5) is 29.1. The van der Waals surface area contributed by atoms with Crippen molar-refractivity contribution in [3.05, 3.63) is 66.0 Å². The molecule has 0 aliphatic carbocycles. The van der Waals surface area contributed by atoms with Gasteiger partial charge in [0.2, 0.25) is 0 Å². The van der Waals surface area contributed by atoms with Crippen LogP contribution in [0.4, 0.5) is 11.6 Å². The molecule has 0 bridgehead atoms. The highest BCUT2D eigenvalue weighted by Gasteiger charge is 2.25. The van der Waals surface area contributed by atoms with E-state index in [2.05, 4.69) is 31.0 Å². The SMILES string of the molecule is Cc1nc(N2CCOCC2)cc(N2CCN(C(=O)c3ccc4noc(-c5ccccc5)c4c3)CC2)n1. The number of carbonyl (C=O) groups is 1. The molecule has 2 saturated heterocycles. The maximum Gasteiger partial charge on any atom is 0.254 e. The number of hydrogen-bond donors (Lipinski definition) is 0. The molecule has 1 amide bonds.